The molecule has 2 rings (SSSR count). The predicted octanol–water partition coefficient (Wildman–Crippen LogP) is 8.68. The van der Waals surface area contributed by atoms with Gasteiger partial charge in [0.15, 0.2) is 0 Å². The topological polar surface area (TPSA) is 72.8 Å². The molecule has 0 saturated heterocycles. The Bertz CT molecular complexity index is 976. The fourth-order valence-electron chi connectivity index (χ4n) is 5.69. The van der Waals surface area contributed by atoms with Crippen LogP contribution in [0.3, 0.4) is 0 Å². The normalized spacial score (nSPS) is 18.8. The molecule has 0 bridgehead atoms. The van der Waals surface area contributed by atoms with Crippen LogP contribution in [0, 0.1) is 38.5 Å². The molecule has 1 N–H and O–H groups in total. The maximum atomic E-state index is 12.1. The lowest BCUT2D eigenvalue weighted by Crippen LogP contribution is -2.37. The summed E-state index contributed by atoms with van der Waals surface area (Å²) in [5.41, 5.74) is 3.64. The minimum Gasteiger partial charge on any atom is -0.487 e. The van der Waals surface area contributed by atoms with Gasteiger partial charge in [0, 0.05) is 17.7 Å². The molecule has 1 aliphatic heterocycles. The highest BCUT2D eigenvalue weighted by molar-refractivity contribution is 5.92. The maximum absolute atomic E-state index is 12.1. The highest BCUT2D eigenvalue weighted by atomic mass is 16.5. The van der Waals surface area contributed by atoms with E-state index in [1.165, 1.54) is 51.4 Å². The number of fused-ring (bicyclic) bond motifs is 1. The standard InChI is InChI=1S/C33H52O5/c1-22(2)12-9-13-23(3)14-10-15-24(4)16-11-20-33(8)21-19-28-27(7)31(25(5)26(6)32(28)38-33)37-30(36)18-17-29(34)35/h17-18,22-24H,9-16,19-21H2,1-8H3,(H,34,35)/t23-,24-,33-/m1/s1. The van der Waals surface area contributed by atoms with Gasteiger partial charge in [-0.2, -0.15) is 0 Å². The first-order valence-corrected chi connectivity index (χ1v) is 14.8. The Labute approximate surface area is 231 Å². The van der Waals surface area contributed by atoms with E-state index in [1.807, 2.05) is 20.8 Å². The molecule has 0 radical (unpaired) electrons. The van der Waals surface area contributed by atoms with Gasteiger partial charge >= 0.3 is 11.9 Å². The SMILES string of the molecule is Cc1c(C)c2c(c(C)c1OC(=O)C=CC(=O)O)CC[C@@](C)(CCC[C@H](C)CCC[C@H](C)CCCC(C)C)O2. The van der Waals surface area contributed by atoms with E-state index >= 15 is 0 Å². The monoisotopic (exact) mass is 528 g/mol. The van der Waals surface area contributed by atoms with Crippen LogP contribution < -0.4 is 9.47 Å². The van der Waals surface area contributed by atoms with Gasteiger partial charge in [-0.15, -0.1) is 0 Å². The summed E-state index contributed by atoms with van der Waals surface area (Å²) in [6, 6.07) is 0. The molecule has 214 valence electrons. The Morgan fingerprint density at radius 3 is 2.05 bits per heavy atom. The van der Waals surface area contributed by atoms with Gasteiger partial charge in [-0.3, -0.25) is 0 Å². The van der Waals surface area contributed by atoms with Crippen LogP contribution in [-0.4, -0.2) is 22.6 Å². The number of ether oxygens (including phenoxy) is 2. The van der Waals surface area contributed by atoms with Crippen LogP contribution in [-0.2, 0) is 16.0 Å². The highest BCUT2D eigenvalue weighted by Crippen LogP contribution is 2.45. The molecule has 38 heavy (non-hydrogen) atoms. The summed E-state index contributed by atoms with van der Waals surface area (Å²) < 4.78 is 12.2. The lowest BCUT2D eigenvalue weighted by atomic mass is 9.83. The molecule has 0 fully saturated rings. The van der Waals surface area contributed by atoms with Crippen molar-refractivity contribution in [2.75, 3.05) is 0 Å². The van der Waals surface area contributed by atoms with Crippen molar-refractivity contribution >= 4 is 11.9 Å². The Kier molecular flexibility index (Phi) is 12.4. The summed E-state index contributed by atoms with van der Waals surface area (Å²) in [6.07, 6.45) is 15.1. The van der Waals surface area contributed by atoms with Crippen LogP contribution in [0.4, 0.5) is 0 Å². The van der Waals surface area contributed by atoms with Gasteiger partial charge in [-0.25, -0.2) is 9.59 Å². The third-order valence-corrected chi connectivity index (χ3v) is 8.40. The van der Waals surface area contributed by atoms with E-state index in [2.05, 4.69) is 34.6 Å². The number of aliphatic carboxylic acids is 1. The zero-order valence-corrected chi connectivity index (χ0v) is 25.2. The average molecular weight is 529 g/mol. The van der Waals surface area contributed by atoms with Gasteiger partial charge < -0.3 is 14.6 Å². The van der Waals surface area contributed by atoms with E-state index in [0.717, 1.165) is 77.2 Å². The van der Waals surface area contributed by atoms with Crippen LogP contribution in [0.2, 0.25) is 0 Å². The summed E-state index contributed by atoms with van der Waals surface area (Å²) in [6.45, 7) is 17.6. The van der Waals surface area contributed by atoms with Crippen molar-refractivity contribution in [2.45, 2.75) is 132 Å². The van der Waals surface area contributed by atoms with Crippen molar-refractivity contribution in [3.05, 3.63) is 34.4 Å². The number of esters is 1. The molecule has 1 aliphatic rings. The fraction of sp³-hybridized carbons (Fsp3) is 0.697. The zero-order valence-electron chi connectivity index (χ0n) is 25.2. The molecule has 1 aromatic carbocycles. The van der Waals surface area contributed by atoms with Crippen LogP contribution >= 0.6 is 0 Å². The second-order valence-electron chi connectivity index (χ2n) is 12.5. The fourth-order valence-corrected chi connectivity index (χ4v) is 5.69. The van der Waals surface area contributed by atoms with E-state index in [9.17, 15) is 9.59 Å². The van der Waals surface area contributed by atoms with Crippen molar-refractivity contribution in [3.8, 4) is 11.5 Å². The summed E-state index contributed by atoms with van der Waals surface area (Å²) >= 11 is 0. The summed E-state index contributed by atoms with van der Waals surface area (Å²) in [5, 5.41) is 8.77. The largest absolute Gasteiger partial charge is 0.487 e. The quantitative estimate of drug-likeness (QED) is 0.140. The van der Waals surface area contributed by atoms with E-state index in [0.29, 0.717) is 5.75 Å². The highest BCUT2D eigenvalue weighted by Gasteiger charge is 2.34. The van der Waals surface area contributed by atoms with Crippen LogP contribution in [0.15, 0.2) is 12.2 Å². The number of carbonyl (C=O) groups excluding carboxylic acids is 1. The van der Waals surface area contributed by atoms with Crippen molar-refractivity contribution < 1.29 is 24.2 Å². The summed E-state index contributed by atoms with van der Waals surface area (Å²) in [4.78, 5) is 22.9. The molecule has 3 atom stereocenters. The third kappa shape index (κ3) is 9.78. The van der Waals surface area contributed by atoms with E-state index in [-0.39, 0.29) is 5.60 Å². The Morgan fingerprint density at radius 1 is 0.895 bits per heavy atom. The molecule has 0 unspecified atom stereocenters. The minimum atomic E-state index is -1.18. The first-order chi connectivity index (χ1) is 17.8. The molecular weight excluding hydrogens is 476 g/mol. The second-order valence-corrected chi connectivity index (χ2v) is 12.5. The van der Waals surface area contributed by atoms with Crippen LogP contribution in [0.25, 0.3) is 0 Å². The van der Waals surface area contributed by atoms with Crippen LogP contribution in [0.1, 0.15) is 121 Å². The molecule has 0 saturated carbocycles. The molecule has 1 aromatic rings. The van der Waals surface area contributed by atoms with Gasteiger partial charge in [-0.05, 0) is 87.8 Å². The summed E-state index contributed by atoms with van der Waals surface area (Å²) in [7, 11) is 0. The minimum absolute atomic E-state index is 0.191. The number of hydrogen-bond donors (Lipinski definition) is 1. The number of rotatable bonds is 15. The van der Waals surface area contributed by atoms with Crippen LogP contribution in [0.5, 0.6) is 11.5 Å². The molecule has 1 heterocycles. The number of carboxylic acid groups (broad SMARTS) is 1. The van der Waals surface area contributed by atoms with E-state index < -0.39 is 11.9 Å². The zero-order chi connectivity index (χ0) is 28.5. The molecule has 0 spiro atoms. The van der Waals surface area contributed by atoms with Gasteiger partial charge in [0.1, 0.15) is 17.1 Å². The van der Waals surface area contributed by atoms with Crippen molar-refractivity contribution in [1.29, 1.82) is 0 Å². The summed E-state index contributed by atoms with van der Waals surface area (Å²) in [5.74, 6) is 1.98. The molecule has 0 aromatic heterocycles. The first kappa shape index (κ1) is 31.9. The number of carbonyl (C=O) groups is 2. The van der Waals surface area contributed by atoms with Gasteiger partial charge in [0.05, 0.1) is 0 Å². The van der Waals surface area contributed by atoms with Gasteiger partial charge in [0.25, 0.3) is 0 Å². The second kappa shape index (κ2) is 14.7. The van der Waals surface area contributed by atoms with Gasteiger partial charge in [0.2, 0.25) is 0 Å². The predicted molar refractivity (Wildman–Crippen MR) is 155 cm³/mol. The van der Waals surface area contributed by atoms with Gasteiger partial charge in [-0.1, -0.05) is 72.6 Å². The average Bonchev–Trinajstić information content (AvgIpc) is 2.83. The van der Waals surface area contributed by atoms with E-state index in [1.54, 1.807) is 0 Å². The Hall–Kier alpha value is -2.30. The molecule has 5 heteroatoms. The Balaban J connectivity index is 1.89. The number of benzene rings is 1. The third-order valence-electron chi connectivity index (χ3n) is 8.40. The maximum Gasteiger partial charge on any atom is 0.336 e. The lowest BCUT2D eigenvalue weighted by Gasteiger charge is -2.38. The number of hydrogen-bond acceptors (Lipinski definition) is 4. The molecule has 5 nitrogen and oxygen atoms in total. The number of carboxylic acids is 1. The van der Waals surface area contributed by atoms with E-state index in [4.69, 9.17) is 14.6 Å². The van der Waals surface area contributed by atoms with Crippen molar-refractivity contribution in [1.82, 2.24) is 0 Å². The molecule has 0 amide bonds. The van der Waals surface area contributed by atoms with Crippen molar-refractivity contribution in [3.63, 3.8) is 0 Å². The lowest BCUT2D eigenvalue weighted by molar-refractivity contribution is -0.133. The molecular formula is C33H52O5. The molecule has 0 aliphatic carbocycles. The first-order valence-electron chi connectivity index (χ1n) is 14.8. The van der Waals surface area contributed by atoms with Crippen molar-refractivity contribution in [2.24, 2.45) is 17.8 Å². The Morgan fingerprint density at radius 2 is 1.47 bits per heavy atom. The smallest absolute Gasteiger partial charge is 0.336 e.